The van der Waals surface area contributed by atoms with Gasteiger partial charge in [-0.1, -0.05) is 12.1 Å². The van der Waals surface area contributed by atoms with Crippen LogP contribution in [0.15, 0.2) is 53.1 Å². The number of hydrogen-bond donors (Lipinski definition) is 0. The van der Waals surface area contributed by atoms with Crippen LogP contribution in [0.4, 0.5) is 5.95 Å². The van der Waals surface area contributed by atoms with Crippen LogP contribution in [0.3, 0.4) is 0 Å². The number of benzene rings is 1. The molecule has 3 aromatic heterocycles. The molecular weight excluding hydrogens is 418 g/mol. The second kappa shape index (κ2) is 6.55. The van der Waals surface area contributed by atoms with Crippen LogP contribution >= 0.6 is 0 Å². The number of carbonyl (C=O) groups excluding carboxylic acids is 1. The van der Waals surface area contributed by atoms with Crippen LogP contribution in [0.2, 0.25) is 0 Å². The van der Waals surface area contributed by atoms with E-state index < -0.39 is 9.84 Å². The summed E-state index contributed by atoms with van der Waals surface area (Å²) in [4.78, 5) is 19.7. The maximum Gasteiger partial charge on any atom is 0.281 e. The lowest BCUT2D eigenvalue weighted by Gasteiger charge is -2.13. The molecule has 0 N–H and O–H groups in total. The highest BCUT2D eigenvalue weighted by molar-refractivity contribution is 7.91. The minimum absolute atomic E-state index is 0.00945. The fourth-order valence-corrected chi connectivity index (χ4v) is 6.17. The van der Waals surface area contributed by atoms with Crippen molar-refractivity contribution in [1.29, 1.82) is 0 Å². The molecule has 2 aliphatic heterocycles. The highest BCUT2D eigenvalue weighted by Crippen LogP contribution is 2.32. The zero-order valence-corrected chi connectivity index (χ0v) is 17.3. The van der Waals surface area contributed by atoms with Crippen molar-refractivity contribution in [3.63, 3.8) is 0 Å². The van der Waals surface area contributed by atoms with Crippen LogP contribution in [0.5, 0.6) is 0 Å². The quantitative estimate of drug-likeness (QED) is 0.488. The Hall–Kier alpha value is -3.40. The Morgan fingerprint density at radius 1 is 1.13 bits per heavy atom. The normalized spacial score (nSPS) is 19.9. The fraction of sp³-hybridized carbons (Fsp3) is 0.286. The third-order valence-electron chi connectivity index (χ3n) is 5.95. The summed E-state index contributed by atoms with van der Waals surface area (Å²) >= 11 is 0. The summed E-state index contributed by atoms with van der Waals surface area (Å²) < 4.78 is 33.3. The van der Waals surface area contributed by atoms with E-state index in [-0.39, 0.29) is 29.1 Å². The Balaban J connectivity index is 1.40. The minimum atomic E-state index is -3.11. The summed E-state index contributed by atoms with van der Waals surface area (Å²) in [5, 5.41) is 4.55. The van der Waals surface area contributed by atoms with E-state index >= 15 is 0 Å². The first-order valence-electron chi connectivity index (χ1n) is 10.1. The monoisotopic (exact) mass is 437 g/mol. The average Bonchev–Trinajstić information content (AvgIpc) is 3.54. The Bertz CT molecular complexity index is 1420. The third-order valence-corrected chi connectivity index (χ3v) is 7.70. The number of carbonyl (C=O) groups is 1. The zero-order chi connectivity index (χ0) is 21.2. The molecule has 6 rings (SSSR count). The van der Waals surface area contributed by atoms with Gasteiger partial charge in [0.2, 0.25) is 5.95 Å². The van der Waals surface area contributed by atoms with Crippen molar-refractivity contribution in [2.24, 2.45) is 0 Å². The predicted octanol–water partition coefficient (Wildman–Crippen LogP) is 2.51. The van der Waals surface area contributed by atoms with E-state index in [1.54, 1.807) is 34.0 Å². The summed E-state index contributed by atoms with van der Waals surface area (Å²) in [6, 6.07) is 12.7. The minimum Gasteiger partial charge on any atom is -0.463 e. The van der Waals surface area contributed by atoms with Gasteiger partial charge in [-0.3, -0.25) is 14.4 Å². The lowest BCUT2D eigenvalue weighted by Crippen LogP contribution is -2.30. The molecule has 0 spiro atoms. The van der Waals surface area contributed by atoms with E-state index in [0.717, 1.165) is 11.0 Å². The summed E-state index contributed by atoms with van der Waals surface area (Å²) in [5.74, 6) is 1.01. The molecule has 0 aliphatic carbocycles. The number of amides is 1. The van der Waals surface area contributed by atoms with Crippen molar-refractivity contribution in [3.05, 3.63) is 54.4 Å². The van der Waals surface area contributed by atoms with Crippen molar-refractivity contribution < 1.29 is 17.6 Å². The van der Waals surface area contributed by atoms with Gasteiger partial charge in [-0.25, -0.2) is 13.4 Å². The second-order valence-electron chi connectivity index (χ2n) is 7.90. The topological polar surface area (TPSA) is 103 Å². The zero-order valence-electron chi connectivity index (χ0n) is 16.5. The van der Waals surface area contributed by atoms with E-state index in [1.165, 1.54) is 0 Å². The lowest BCUT2D eigenvalue weighted by atomic mass is 10.2. The van der Waals surface area contributed by atoms with Crippen molar-refractivity contribution in [1.82, 2.24) is 19.3 Å². The van der Waals surface area contributed by atoms with Gasteiger partial charge in [-0.15, -0.1) is 0 Å². The number of anilines is 1. The molecule has 0 bridgehead atoms. The van der Waals surface area contributed by atoms with Gasteiger partial charge < -0.3 is 8.98 Å². The van der Waals surface area contributed by atoms with Crippen LogP contribution in [0.25, 0.3) is 22.5 Å². The van der Waals surface area contributed by atoms with Crippen molar-refractivity contribution in [2.45, 2.75) is 19.0 Å². The number of para-hydroxylation sites is 2. The average molecular weight is 437 g/mol. The molecule has 1 aromatic carbocycles. The van der Waals surface area contributed by atoms with E-state index in [9.17, 15) is 13.2 Å². The van der Waals surface area contributed by atoms with Crippen LogP contribution in [0.1, 0.15) is 23.0 Å². The standard InChI is InChI=1S/C21H19N5O4S/c27-20(25-9-8-24-17-5-2-1-4-15(17)22-21(24)25)16-12-18(19-6-3-10-30-19)26(23-16)14-7-11-31(28,29)13-14/h1-6,10,12,14H,7-9,11,13H2. The van der Waals surface area contributed by atoms with Crippen LogP contribution in [-0.2, 0) is 16.4 Å². The predicted molar refractivity (Wildman–Crippen MR) is 114 cm³/mol. The number of aromatic nitrogens is 4. The van der Waals surface area contributed by atoms with Gasteiger partial charge in [0, 0.05) is 19.2 Å². The third kappa shape index (κ3) is 2.89. The van der Waals surface area contributed by atoms with Gasteiger partial charge in [0.25, 0.3) is 5.91 Å². The number of imidazole rings is 1. The van der Waals surface area contributed by atoms with Crippen LogP contribution in [0, 0.1) is 0 Å². The second-order valence-corrected chi connectivity index (χ2v) is 10.1. The van der Waals surface area contributed by atoms with E-state index in [0.29, 0.717) is 36.9 Å². The molecule has 158 valence electrons. The highest BCUT2D eigenvalue weighted by Gasteiger charge is 2.35. The maximum atomic E-state index is 13.4. The number of nitrogens with zero attached hydrogens (tertiary/aromatic N) is 5. The van der Waals surface area contributed by atoms with Gasteiger partial charge in [0.15, 0.2) is 21.3 Å². The molecule has 1 amide bonds. The number of fused-ring (bicyclic) bond motifs is 3. The smallest absolute Gasteiger partial charge is 0.281 e. The molecule has 0 saturated carbocycles. The van der Waals surface area contributed by atoms with E-state index in [2.05, 4.69) is 10.1 Å². The molecule has 9 nitrogen and oxygen atoms in total. The number of sulfone groups is 1. The largest absolute Gasteiger partial charge is 0.463 e. The molecule has 4 aromatic rings. The Morgan fingerprint density at radius 2 is 2.00 bits per heavy atom. The molecule has 1 unspecified atom stereocenters. The Kier molecular flexibility index (Phi) is 3.88. The van der Waals surface area contributed by atoms with E-state index in [1.807, 2.05) is 28.8 Å². The molecule has 10 heteroatoms. The molecule has 1 fully saturated rings. The number of furan rings is 1. The van der Waals surface area contributed by atoms with Gasteiger partial charge in [-0.2, -0.15) is 5.10 Å². The number of hydrogen-bond acceptors (Lipinski definition) is 6. The molecule has 31 heavy (non-hydrogen) atoms. The Morgan fingerprint density at radius 3 is 2.77 bits per heavy atom. The molecule has 1 atom stereocenters. The summed E-state index contributed by atoms with van der Waals surface area (Å²) in [7, 11) is -3.11. The molecule has 2 aliphatic rings. The molecular formula is C21H19N5O4S. The van der Waals surface area contributed by atoms with Crippen molar-refractivity contribution in [2.75, 3.05) is 23.0 Å². The van der Waals surface area contributed by atoms with Crippen molar-refractivity contribution in [3.8, 4) is 11.5 Å². The highest BCUT2D eigenvalue weighted by atomic mass is 32.2. The molecule has 0 radical (unpaired) electrons. The Labute approximate surface area is 177 Å². The first-order chi connectivity index (χ1) is 15.0. The van der Waals surface area contributed by atoms with Gasteiger partial charge in [0.1, 0.15) is 5.69 Å². The lowest BCUT2D eigenvalue weighted by molar-refractivity contribution is 0.0983. The van der Waals surface area contributed by atoms with Gasteiger partial charge in [-0.05, 0) is 30.7 Å². The summed E-state index contributed by atoms with van der Waals surface area (Å²) in [5.41, 5.74) is 2.68. The van der Waals surface area contributed by atoms with Gasteiger partial charge in [0.05, 0.1) is 34.8 Å². The molecule has 5 heterocycles. The van der Waals surface area contributed by atoms with Crippen LogP contribution < -0.4 is 4.90 Å². The number of rotatable bonds is 3. The first-order valence-corrected chi connectivity index (χ1v) is 11.9. The van der Waals surface area contributed by atoms with Gasteiger partial charge >= 0.3 is 0 Å². The van der Waals surface area contributed by atoms with E-state index in [4.69, 9.17) is 4.42 Å². The maximum absolute atomic E-state index is 13.4. The van der Waals surface area contributed by atoms with Crippen LogP contribution in [-0.4, -0.2) is 51.7 Å². The SMILES string of the molecule is O=C(c1cc(-c2ccco2)n(C2CCS(=O)(=O)C2)n1)N1CCn2c1nc1ccccc12. The summed E-state index contributed by atoms with van der Waals surface area (Å²) in [6.07, 6.45) is 2.01. The fourth-order valence-electron chi connectivity index (χ4n) is 4.47. The molecule has 1 saturated heterocycles. The summed E-state index contributed by atoms with van der Waals surface area (Å²) in [6.45, 7) is 1.17. The first kappa shape index (κ1) is 18.4. The van der Waals surface area contributed by atoms with Crippen molar-refractivity contribution >= 4 is 32.7 Å².